The Morgan fingerprint density at radius 1 is 1.31 bits per heavy atom. The number of carbonyl (C=O) groups excluding carboxylic acids is 1. The van der Waals surface area contributed by atoms with Crippen LogP contribution in [0, 0.1) is 11.8 Å². The zero-order chi connectivity index (χ0) is 18.6. The molecule has 0 aromatic heterocycles. The molecule has 0 bridgehead atoms. The Kier molecular flexibility index (Phi) is 8.16. The van der Waals surface area contributed by atoms with Crippen molar-refractivity contribution in [1.29, 1.82) is 0 Å². The first-order chi connectivity index (χ1) is 11.8. The summed E-state index contributed by atoms with van der Waals surface area (Å²) in [4.78, 5) is 17.9. The van der Waals surface area contributed by atoms with Crippen molar-refractivity contribution in [3.05, 3.63) is 35.4 Å². The molecule has 1 N–H and O–H groups in total. The molecule has 1 saturated heterocycles. The fraction of sp³-hybridized carbons (Fsp3) is 0.529. The Bertz CT molecular complexity index is 635. The summed E-state index contributed by atoms with van der Waals surface area (Å²) in [5, 5.41) is 3.13. The molecule has 0 spiro atoms. The highest BCUT2D eigenvalue weighted by Crippen LogP contribution is 2.29. The monoisotopic (exact) mass is 485 g/mol. The molecule has 0 aliphatic carbocycles. The largest absolute Gasteiger partial charge is 0.469 e. The summed E-state index contributed by atoms with van der Waals surface area (Å²) < 4.78 is 42.6. The molecule has 2 atom stereocenters. The number of ether oxygens (including phenoxy) is 1. The number of alkyl halides is 3. The number of hydrogen-bond acceptors (Lipinski definition) is 3. The summed E-state index contributed by atoms with van der Waals surface area (Å²) in [6.07, 6.45) is -4.34. The first-order valence-electron chi connectivity index (χ1n) is 7.95. The molecule has 9 heteroatoms. The predicted molar refractivity (Wildman–Crippen MR) is 103 cm³/mol. The van der Waals surface area contributed by atoms with Crippen LogP contribution in [0.3, 0.4) is 0 Å². The standard InChI is InChI=1S/C17H22F3N3O2.HI/c1-11-9-23(10-14(11)15(24)25-3)16(21-2)22-8-12-4-6-13(7-5-12)17(18,19)20;/h4-7,11,14H,8-10H2,1-3H3,(H,21,22);1H. The van der Waals surface area contributed by atoms with Gasteiger partial charge in [-0.05, 0) is 23.6 Å². The number of likely N-dealkylation sites (tertiary alicyclic amines) is 1. The van der Waals surface area contributed by atoms with Gasteiger partial charge in [-0.25, -0.2) is 0 Å². The van der Waals surface area contributed by atoms with Crippen molar-refractivity contribution in [3.63, 3.8) is 0 Å². The van der Waals surface area contributed by atoms with E-state index in [1.54, 1.807) is 7.05 Å². The number of guanidine groups is 1. The predicted octanol–water partition coefficient (Wildman–Crippen LogP) is 3.14. The van der Waals surface area contributed by atoms with E-state index in [1.165, 1.54) is 19.2 Å². The maximum Gasteiger partial charge on any atom is 0.416 e. The molecule has 2 unspecified atom stereocenters. The first kappa shape index (κ1) is 22.5. The number of carbonyl (C=O) groups is 1. The molecule has 146 valence electrons. The lowest BCUT2D eigenvalue weighted by molar-refractivity contribution is -0.146. The van der Waals surface area contributed by atoms with E-state index in [9.17, 15) is 18.0 Å². The van der Waals surface area contributed by atoms with Crippen molar-refractivity contribution in [2.45, 2.75) is 19.6 Å². The number of esters is 1. The lowest BCUT2D eigenvalue weighted by Crippen LogP contribution is -2.40. The highest BCUT2D eigenvalue weighted by molar-refractivity contribution is 14.0. The summed E-state index contributed by atoms with van der Waals surface area (Å²) in [6.45, 7) is 3.48. The van der Waals surface area contributed by atoms with E-state index in [-0.39, 0.29) is 41.8 Å². The number of benzene rings is 1. The van der Waals surface area contributed by atoms with Gasteiger partial charge in [-0.2, -0.15) is 13.2 Å². The van der Waals surface area contributed by atoms with Crippen LogP contribution in [0.2, 0.25) is 0 Å². The number of rotatable bonds is 3. The van der Waals surface area contributed by atoms with Crippen LogP contribution in [0.15, 0.2) is 29.3 Å². The second-order valence-corrected chi connectivity index (χ2v) is 6.11. The molecule has 5 nitrogen and oxygen atoms in total. The molecule has 1 aromatic rings. The SMILES string of the molecule is CN=C(NCc1ccc(C(F)(F)F)cc1)N1CC(C)C(C(=O)OC)C1.I. The Morgan fingerprint density at radius 3 is 2.42 bits per heavy atom. The van der Waals surface area contributed by atoms with Gasteiger partial charge in [0.25, 0.3) is 0 Å². The zero-order valence-electron chi connectivity index (χ0n) is 14.8. The number of nitrogens with zero attached hydrogens (tertiary/aromatic N) is 2. The van der Waals surface area contributed by atoms with Crippen LogP contribution in [-0.2, 0) is 22.3 Å². The van der Waals surface area contributed by atoms with Crippen molar-refractivity contribution >= 4 is 35.9 Å². The van der Waals surface area contributed by atoms with Gasteiger partial charge in [0.1, 0.15) is 0 Å². The molecule has 0 radical (unpaired) electrons. The molecule has 26 heavy (non-hydrogen) atoms. The normalized spacial score (nSPS) is 20.5. The first-order valence-corrected chi connectivity index (χ1v) is 7.95. The minimum atomic E-state index is -4.34. The lowest BCUT2D eigenvalue weighted by Gasteiger charge is -2.21. The zero-order valence-corrected chi connectivity index (χ0v) is 17.2. The molecule has 1 aliphatic rings. The quantitative estimate of drug-likeness (QED) is 0.310. The second-order valence-electron chi connectivity index (χ2n) is 6.11. The van der Waals surface area contributed by atoms with E-state index in [0.29, 0.717) is 31.2 Å². The van der Waals surface area contributed by atoms with Gasteiger partial charge in [0.2, 0.25) is 0 Å². The van der Waals surface area contributed by atoms with Crippen LogP contribution in [0.4, 0.5) is 13.2 Å². The van der Waals surface area contributed by atoms with Crippen LogP contribution < -0.4 is 5.32 Å². The smallest absolute Gasteiger partial charge is 0.416 e. The summed E-state index contributed by atoms with van der Waals surface area (Å²) in [5.41, 5.74) is 0.0424. The van der Waals surface area contributed by atoms with E-state index in [4.69, 9.17) is 4.74 Å². The third-order valence-corrected chi connectivity index (χ3v) is 4.36. The van der Waals surface area contributed by atoms with E-state index >= 15 is 0 Å². The van der Waals surface area contributed by atoms with E-state index in [1.807, 2.05) is 11.8 Å². The maximum atomic E-state index is 12.6. The van der Waals surface area contributed by atoms with Crippen molar-refractivity contribution in [2.75, 3.05) is 27.2 Å². The Balaban J connectivity index is 0.00000338. The number of aliphatic imine (C=N–C) groups is 1. The Hall–Kier alpha value is -1.52. The van der Waals surface area contributed by atoms with Crippen LogP contribution in [0.5, 0.6) is 0 Å². The van der Waals surface area contributed by atoms with Crippen LogP contribution in [-0.4, -0.2) is 44.1 Å². The summed E-state index contributed by atoms with van der Waals surface area (Å²) in [5.74, 6) is 0.290. The molecular weight excluding hydrogens is 462 g/mol. The van der Waals surface area contributed by atoms with Crippen LogP contribution in [0.25, 0.3) is 0 Å². The van der Waals surface area contributed by atoms with Gasteiger partial charge in [-0.3, -0.25) is 9.79 Å². The fourth-order valence-corrected chi connectivity index (χ4v) is 2.92. The molecule has 1 heterocycles. The summed E-state index contributed by atoms with van der Waals surface area (Å²) in [6, 6.07) is 5.00. The minimum absolute atomic E-state index is 0. The van der Waals surface area contributed by atoms with E-state index in [0.717, 1.165) is 12.1 Å². The van der Waals surface area contributed by atoms with Gasteiger partial charge in [0, 0.05) is 26.7 Å². The number of halogens is 4. The molecule has 0 amide bonds. The van der Waals surface area contributed by atoms with Gasteiger partial charge in [-0.1, -0.05) is 19.1 Å². The molecule has 2 rings (SSSR count). The summed E-state index contributed by atoms with van der Waals surface area (Å²) >= 11 is 0. The maximum absolute atomic E-state index is 12.6. The van der Waals surface area contributed by atoms with Crippen molar-refractivity contribution in [3.8, 4) is 0 Å². The van der Waals surface area contributed by atoms with Crippen molar-refractivity contribution in [2.24, 2.45) is 16.8 Å². The van der Waals surface area contributed by atoms with Gasteiger partial charge < -0.3 is 15.0 Å². The van der Waals surface area contributed by atoms with Crippen molar-refractivity contribution in [1.82, 2.24) is 10.2 Å². The Morgan fingerprint density at radius 2 is 1.92 bits per heavy atom. The van der Waals surface area contributed by atoms with Crippen molar-refractivity contribution < 1.29 is 22.7 Å². The molecular formula is C17H23F3IN3O2. The molecule has 1 aromatic carbocycles. The number of nitrogens with one attached hydrogen (secondary N) is 1. The van der Waals surface area contributed by atoms with E-state index < -0.39 is 11.7 Å². The van der Waals surface area contributed by atoms with Gasteiger partial charge in [0.05, 0.1) is 18.6 Å². The number of hydrogen-bond donors (Lipinski definition) is 1. The van der Waals surface area contributed by atoms with Gasteiger partial charge >= 0.3 is 12.1 Å². The minimum Gasteiger partial charge on any atom is -0.469 e. The highest BCUT2D eigenvalue weighted by Gasteiger charge is 2.36. The van der Waals surface area contributed by atoms with Crippen LogP contribution in [0.1, 0.15) is 18.1 Å². The average molecular weight is 485 g/mol. The van der Waals surface area contributed by atoms with E-state index in [2.05, 4.69) is 10.3 Å². The average Bonchev–Trinajstić information content (AvgIpc) is 2.96. The van der Waals surface area contributed by atoms with Gasteiger partial charge in [0.15, 0.2) is 5.96 Å². The second kappa shape index (κ2) is 9.43. The third-order valence-electron chi connectivity index (χ3n) is 4.36. The Labute approximate surface area is 168 Å². The van der Waals surface area contributed by atoms with Crippen LogP contribution >= 0.6 is 24.0 Å². The topological polar surface area (TPSA) is 53.9 Å². The molecule has 0 saturated carbocycles. The third kappa shape index (κ3) is 5.49. The molecule has 1 aliphatic heterocycles. The fourth-order valence-electron chi connectivity index (χ4n) is 2.92. The van der Waals surface area contributed by atoms with Gasteiger partial charge in [-0.15, -0.1) is 24.0 Å². The number of methoxy groups -OCH3 is 1. The highest BCUT2D eigenvalue weighted by atomic mass is 127. The molecule has 1 fully saturated rings. The summed E-state index contributed by atoms with van der Waals surface area (Å²) in [7, 11) is 3.00. The lowest BCUT2D eigenvalue weighted by atomic mass is 9.99.